The Morgan fingerprint density at radius 1 is 1.36 bits per heavy atom. The summed E-state index contributed by atoms with van der Waals surface area (Å²) in [6.45, 7) is 4.96. The van der Waals surface area contributed by atoms with E-state index in [1.807, 2.05) is 38.1 Å². The first-order valence-electron chi connectivity index (χ1n) is 8.90. The predicted molar refractivity (Wildman–Crippen MR) is 98.1 cm³/mol. The van der Waals surface area contributed by atoms with Gasteiger partial charge in [0, 0.05) is 6.54 Å². The maximum absolute atomic E-state index is 12.5. The van der Waals surface area contributed by atoms with Gasteiger partial charge in [-0.3, -0.25) is 4.79 Å². The van der Waals surface area contributed by atoms with Crippen molar-refractivity contribution >= 4 is 15.9 Å². The fourth-order valence-electron chi connectivity index (χ4n) is 3.04. The van der Waals surface area contributed by atoms with Crippen molar-refractivity contribution in [2.45, 2.75) is 45.6 Å². The molecule has 1 aliphatic rings. The smallest absolute Gasteiger partial charge is 0.238 e. The molecule has 1 amide bonds. The molecule has 1 aliphatic heterocycles. The number of piperidine rings is 1. The Balaban J connectivity index is 1.85. The van der Waals surface area contributed by atoms with Gasteiger partial charge in [0.25, 0.3) is 0 Å². The minimum absolute atomic E-state index is 0.0905. The third-order valence-corrected chi connectivity index (χ3v) is 6.31. The fourth-order valence-corrected chi connectivity index (χ4v) is 4.79. The van der Waals surface area contributed by atoms with Gasteiger partial charge in [0.1, 0.15) is 18.4 Å². The highest BCUT2D eigenvalue weighted by Gasteiger charge is 2.35. The number of nitrogens with one attached hydrogen (secondary N) is 1. The number of rotatable bonds is 8. The molecular weight excluding hydrogens is 340 g/mol. The monoisotopic (exact) mass is 368 g/mol. The first kappa shape index (κ1) is 19.7. The Morgan fingerprint density at radius 3 is 2.88 bits per heavy atom. The molecule has 7 heteroatoms. The van der Waals surface area contributed by atoms with E-state index in [0.29, 0.717) is 32.5 Å². The summed E-state index contributed by atoms with van der Waals surface area (Å²) >= 11 is 0. The average Bonchev–Trinajstić information content (AvgIpc) is 2.58. The van der Waals surface area contributed by atoms with Crippen LogP contribution in [0.2, 0.25) is 0 Å². The largest absolute Gasteiger partial charge is 0.492 e. The van der Waals surface area contributed by atoms with Gasteiger partial charge in [-0.2, -0.15) is 4.31 Å². The standard InChI is InChI=1S/C18H28N2O4S/c1-3-13-25(22,23)20-11-5-4-9-17(20)18(21)19-10-12-24-16-8-6-7-15(2)14-16/h6-8,14,17H,3-5,9-13H2,1-2H3,(H,19,21). The molecule has 1 atom stereocenters. The van der Waals surface area contributed by atoms with Crippen molar-refractivity contribution in [3.63, 3.8) is 0 Å². The molecule has 6 nitrogen and oxygen atoms in total. The van der Waals surface area contributed by atoms with E-state index >= 15 is 0 Å². The lowest BCUT2D eigenvalue weighted by Gasteiger charge is -2.33. The van der Waals surface area contributed by atoms with E-state index in [2.05, 4.69) is 5.32 Å². The van der Waals surface area contributed by atoms with Crippen molar-refractivity contribution in [3.05, 3.63) is 29.8 Å². The molecule has 1 unspecified atom stereocenters. The number of carbonyl (C=O) groups is 1. The Morgan fingerprint density at radius 2 is 2.16 bits per heavy atom. The minimum Gasteiger partial charge on any atom is -0.492 e. The quantitative estimate of drug-likeness (QED) is 0.713. The Labute approximate surface area is 150 Å². The number of carbonyl (C=O) groups excluding carboxylic acids is 1. The van der Waals surface area contributed by atoms with Crippen LogP contribution in [-0.4, -0.2) is 50.1 Å². The van der Waals surface area contributed by atoms with E-state index in [1.165, 1.54) is 4.31 Å². The summed E-state index contributed by atoms with van der Waals surface area (Å²) in [5.74, 6) is 0.624. The van der Waals surface area contributed by atoms with E-state index < -0.39 is 16.1 Å². The van der Waals surface area contributed by atoms with Crippen LogP contribution < -0.4 is 10.1 Å². The lowest BCUT2D eigenvalue weighted by atomic mass is 10.0. The number of amides is 1. The molecule has 25 heavy (non-hydrogen) atoms. The van der Waals surface area contributed by atoms with E-state index in [4.69, 9.17) is 4.74 Å². The molecule has 2 rings (SSSR count). The minimum atomic E-state index is -3.36. The van der Waals surface area contributed by atoms with Crippen LogP contribution in [0.4, 0.5) is 0 Å². The molecular formula is C18H28N2O4S. The molecule has 1 aromatic carbocycles. The van der Waals surface area contributed by atoms with Crippen LogP contribution in [0.5, 0.6) is 5.75 Å². The highest BCUT2D eigenvalue weighted by Crippen LogP contribution is 2.21. The zero-order valence-electron chi connectivity index (χ0n) is 15.0. The van der Waals surface area contributed by atoms with Crippen molar-refractivity contribution in [2.24, 2.45) is 0 Å². The Bertz CT molecular complexity index is 675. The van der Waals surface area contributed by atoms with Gasteiger partial charge in [-0.1, -0.05) is 25.5 Å². The second-order valence-electron chi connectivity index (χ2n) is 6.39. The second kappa shape index (κ2) is 9.20. The number of ether oxygens (including phenoxy) is 1. The molecule has 1 saturated heterocycles. The van der Waals surface area contributed by atoms with Crippen molar-refractivity contribution in [3.8, 4) is 5.75 Å². The van der Waals surface area contributed by atoms with Gasteiger partial charge in [-0.15, -0.1) is 0 Å². The van der Waals surface area contributed by atoms with Crippen molar-refractivity contribution in [1.82, 2.24) is 9.62 Å². The van der Waals surface area contributed by atoms with Gasteiger partial charge in [-0.05, 0) is 43.9 Å². The van der Waals surface area contributed by atoms with Crippen LogP contribution in [-0.2, 0) is 14.8 Å². The Kier molecular flexibility index (Phi) is 7.25. The number of benzene rings is 1. The van der Waals surface area contributed by atoms with Gasteiger partial charge >= 0.3 is 0 Å². The molecule has 0 radical (unpaired) electrons. The maximum atomic E-state index is 12.5. The summed E-state index contributed by atoms with van der Waals surface area (Å²) in [4.78, 5) is 12.5. The molecule has 0 aliphatic carbocycles. The molecule has 0 bridgehead atoms. The van der Waals surface area contributed by atoms with Crippen molar-refractivity contribution < 1.29 is 17.9 Å². The van der Waals surface area contributed by atoms with Gasteiger partial charge in [0.2, 0.25) is 15.9 Å². The summed E-state index contributed by atoms with van der Waals surface area (Å²) in [5.41, 5.74) is 1.11. The van der Waals surface area contributed by atoms with Crippen LogP contribution in [0.3, 0.4) is 0 Å². The Hall–Kier alpha value is -1.60. The van der Waals surface area contributed by atoms with Crippen LogP contribution in [0, 0.1) is 6.92 Å². The molecule has 0 saturated carbocycles. The van der Waals surface area contributed by atoms with E-state index in [9.17, 15) is 13.2 Å². The van der Waals surface area contributed by atoms with Crippen LogP contribution in [0.15, 0.2) is 24.3 Å². The third-order valence-electron chi connectivity index (χ3n) is 4.24. The molecule has 1 fully saturated rings. The zero-order valence-corrected chi connectivity index (χ0v) is 15.8. The van der Waals surface area contributed by atoms with Crippen LogP contribution in [0.1, 0.15) is 38.2 Å². The van der Waals surface area contributed by atoms with E-state index in [0.717, 1.165) is 24.2 Å². The van der Waals surface area contributed by atoms with Crippen molar-refractivity contribution in [2.75, 3.05) is 25.4 Å². The lowest BCUT2D eigenvalue weighted by Crippen LogP contribution is -2.52. The summed E-state index contributed by atoms with van der Waals surface area (Å²) in [6, 6.07) is 7.12. The normalized spacial score (nSPS) is 18.7. The fraction of sp³-hybridized carbons (Fsp3) is 0.611. The number of nitrogens with zero attached hydrogens (tertiary/aromatic N) is 1. The van der Waals surface area contributed by atoms with Gasteiger partial charge in [0.05, 0.1) is 12.3 Å². The molecule has 0 aromatic heterocycles. The maximum Gasteiger partial charge on any atom is 0.238 e. The molecule has 1 heterocycles. The highest BCUT2D eigenvalue weighted by atomic mass is 32.2. The number of hydrogen-bond donors (Lipinski definition) is 1. The third kappa shape index (κ3) is 5.71. The summed E-state index contributed by atoms with van der Waals surface area (Å²) in [5, 5.41) is 2.81. The number of aryl methyl sites for hydroxylation is 1. The zero-order chi connectivity index (χ0) is 18.3. The number of sulfonamides is 1. The first-order valence-corrected chi connectivity index (χ1v) is 10.5. The van der Waals surface area contributed by atoms with Gasteiger partial charge < -0.3 is 10.1 Å². The van der Waals surface area contributed by atoms with E-state index in [-0.39, 0.29) is 11.7 Å². The molecule has 1 N–H and O–H groups in total. The number of hydrogen-bond acceptors (Lipinski definition) is 4. The topological polar surface area (TPSA) is 75.7 Å². The predicted octanol–water partition coefficient (Wildman–Crippen LogP) is 2.08. The SMILES string of the molecule is CCCS(=O)(=O)N1CCCCC1C(=O)NCCOc1cccc(C)c1. The molecule has 1 aromatic rings. The van der Waals surface area contributed by atoms with Gasteiger partial charge in [0.15, 0.2) is 0 Å². The lowest BCUT2D eigenvalue weighted by molar-refractivity contribution is -0.125. The first-order chi connectivity index (χ1) is 11.9. The molecule has 140 valence electrons. The highest BCUT2D eigenvalue weighted by molar-refractivity contribution is 7.89. The summed E-state index contributed by atoms with van der Waals surface area (Å²) < 4.78 is 31.7. The average molecular weight is 368 g/mol. The summed E-state index contributed by atoms with van der Waals surface area (Å²) in [6.07, 6.45) is 2.81. The van der Waals surface area contributed by atoms with Crippen LogP contribution >= 0.6 is 0 Å². The van der Waals surface area contributed by atoms with Crippen LogP contribution in [0.25, 0.3) is 0 Å². The molecule has 0 spiro atoms. The summed E-state index contributed by atoms with van der Waals surface area (Å²) in [7, 11) is -3.36. The van der Waals surface area contributed by atoms with E-state index in [1.54, 1.807) is 0 Å². The van der Waals surface area contributed by atoms with Gasteiger partial charge in [-0.25, -0.2) is 8.42 Å². The second-order valence-corrected chi connectivity index (χ2v) is 8.44. The van der Waals surface area contributed by atoms with Crippen molar-refractivity contribution in [1.29, 1.82) is 0 Å².